The number of carbonyl (C=O) groups excluding carboxylic acids is 1. The molecule has 0 bridgehead atoms. The average Bonchev–Trinajstić information content (AvgIpc) is 2.83. The summed E-state index contributed by atoms with van der Waals surface area (Å²) in [5, 5.41) is 2.95. The normalized spacial score (nSPS) is 18.0. The van der Waals surface area contributed by atoms with Gasteiger partial charge in [-0.1, -0.05) is 54.6 Å². The Hall–Kier alpha value is -3.37. The van der Waals surface area contributed by atoms with Crippen LogP contribution < -0.4 is 10.1 Å². The number of hydrogen-bond donors (Lipinski definition) is 1. The molecule has 2 aliphatic rings. The zero-order chi connectivity index (χ0) is 22.8. The maximum absolute atomic E-state index is 11.7. The molecule has 2 heterocycles. The lowest BCUT2D eigenvalue weighted by Gasteiger charge is -2.39. The van der Waals surface area contributed by atoms with Gasteiger partial charge >= 0.3 is 0 Å². The molecule has 5 rings (SSSR count). The molecule has 33 heavy (non-hydrogen) atoms. The Kier molecular flexibility index (Phi) is 6.01. The van der Waals surface area contributed by atoms with Gasteiger partial charge in [0.1, 0.15) is 11.5 Å². The second kappa shape index (κ2) is 9.24. The predicted octanol–water partition coefficient (Wildman–Crippen LogP) is 6.45. The van der Waals surface area contributed by atoms with Gasteiger partial charge in [0.2, 0.25) is 5.91 Å². The minimum atomic E-state index is -0.0755. The van der Waals surface area contributed by atoms with Crippen molar-refractivity contribution in [3.63, 3.8) is 0 Å². The molecule has 4 heteroatoms. The first-order valence-electron chi connectivity index (χ1n) is 11.7. The van der Waals surface area contributed by atoms with Gasteiger partial charge in [0.25, 0.3) is 0 Å². The molecule has 168 valence electrons. The van der Waals surface area contributed by atoms with Crippen molar-refractivity contribution >= 4 is 11.6 Å². The second-order valence-corrected chi connectivity index (χ2v) is 9.02. The Balaban J connectivity index is 1.52. The van der Waals surface area contributed by atoms with Crippen molar-refractivity contribution < 1.29 is 9.53 Å². The van der Waals surface area contributed by atoms with Crippen molar-refractivity contribution in [2.45, 2.75) is 25.7 Å². The number of piperidine rings is 1. The van der Waals surface area contributed by atoms with E-state index in [1.807, 2.05) is 36.4 Å². The molecule has 4 nitrogen and oxygen atoms in total. The Bertz CT molecular complexity index is 1180. The standard InChI is InChI=1S/C29H30N2O2/c1-3-16-31-17-14-21(15-18-31)29-24-9-5-7-11-27(24)33-28-19-22(12-13-25(28)29)23-8-4-6-10-26(23)30-20(2)32/h3-13,19,21,29H,1,14-18H2,2H3,(H,30,32). The number of nitrogens with zero attached hydrogens (tertiary/aromatic N) is 1. The number of para-hydroxylation sites is 2. The molecule has 1 fully saturated rings. The molecule has 1 saturated heterocycles. The molecule has 2 aliphatic heterocycles. The Morgan fingerprint density at radius 1 is 1.03 bits per heavy atom. The lowest BCUT2D eigenvalue weighted by molar-refractivity contribution is -0.114. The van der Waals surface area contributed by atoms with E-state index < -0.39 is 0 Å². The van der Waals surface area contributed by atoms with Crippen LogP contribution in [0, 0.1) is 5.92 Å². The highest BCUT2D eigenvalue weighted by Crippen LogP contribution is 2.50. The number of hydrogen-bond acceptors (Lipinski definition) is 3. The number of anilines is 1. The minimum absolute atomic E-state index is 0.0755. The van der Waals surface area contributed by atoms with Gasteiger partial charge in [-0.15, -0.1) is 6.58 Å². The first-order valence-corrected chi connectivity index (χ1v) is 11.7. The number of ether oxygens (including phenoxy) is 1. The second-order valence-electron chi connectivity index (χ2n) is 9.02. The van der Waals surface area contributed by atoms with Crippen LogP contribution in [0.3, 0.4) is 0 Å². The summed E-state index contributed by atoms with van der Waals surface area (Å²) in [6.45, 7) is 8.61. The van der Waals surface area contributed by atoms with Crippen LogP contribution >= 0.6 is 0 Å². The van der Waals surface area contributed by atoms with E-state index in [2.05, 4.69) is 53.2 Å². The molecule has 1 atom stereocenters. The van der Waals surface area contributed by atoms with Crippen LogP contribution in [-0.4, -0.2) is 30.4 Å². The predicted molar refractivity (Wildman–Crippen MR) is 134 cm³/mol. The molecule has 0 aliphatic carbocycles. The highest BCUT2D eigenvalue weighted by atomic mass is 16.5. The molecule has 0 radical (unpaired) electrons. The van der Waals surface area contributed by atoms with Crippen LogP contribution in [0.2, 0.25) is 0 Å². The molecule has 0 aromatic heterocycles. The molecular weight excluding hydrogens is 408 g/mol. The van der Waals surface area contributed by atoms with Crippen molar-refractivity contribution in [3.05, 3.63) is 90.5 Å². The van der Waals surface area contributed by atoms with E-state index in [9.17, 15) is 4.79 Å². The summed E-state index contributed by atoms with van der Waals surface area (Å²) >= 11 is 0. The maximum atomic E-state index is 11.7. The average molecular weight is 439 g/mol. The fourth-order valence-corrected chi connectivity index (χ4v) is 5.36. The quantitative estimate of drug-likeness (QED) is 0.466. The van der Waals surface area contributed by atoms with Crippen LogP contribution in [0.25, 0.3) is 11.1 Å². The van der Waals surface area contributed by atoms with Crippen LogP contribution in [0.4, 0.5) is 5.69 Å². The smallest absolute Gasteiger partial charge is 0.221 e. The minimum Gasteiger partial charge on any atom is -0.457 e. The highest BCUT2D eigenvalue weighted by Gasteiger charge is 2.35. The molecular formula is C29H30N2O2. The van der Waals surface area contributed by atoms with E-state index in [4.69, 9.17) is 4.74 Å². The maximum Gasteiger partial charge on any atom is 0.221 e. The van der Waals surface area contributed by atoms with Crippen LogP contribution in [0.1, 0.15) is 36.8 Å². The third kappa shape index (κ3) is 4.31. The van der Waals surface area contributed by atoms with E-state index in [0.29, 0.717) is 11.8 Å². The molecule has 1 N–H and O–H groups in total. The summed E-state index contributed by atoms with van der Waals surface area (Å²) in [6.07, 6.45) is 4.33. The number of nitrogens with one attached hydrogen (secondary N) is 1. The van der Waals surface area contributed by atoms with Gasteiger partial charge in [0, 0.05) is 41.8 Å². The van der Waals surface area contributed by atoms with Crippen molar-refractivity contribution in [1.29, 1.82) is 0 Å². The van der Waals surface area contributed by atoms with Crippen molar-refractivity contribution in [3.8, 4) is 22.6 Å². The molecule has 1 unspecified atom stereocenters. The molecule has 1 amide bonds. The number of amides is 1. The van der Waals surface area contributed by atoms with Crippen molar-refractivity contribution in [2.75, 3.05) is 25.0 Å². The summed E-state index contributed by atoms with van der Waals surface area (Å²) in [5.74, 6) is 2.70. The van der Waals surface area contributed by atoms with Gasteiger partial charge in [-0.05, 0) is 55.6 Å². The van der Waals surface area contributed by atoms with Gasteiger partial charge in [-0.25, -0.2) is 0 Å². The number of benzene rings is 3. The summed E-state index contributed by atoms with van der Waals surface area (Å²) < 4.78 is 6.43. The van der Waals surface area contributed by atoms with E-state index >= 15 is 0 Å². The topological polar surface area (TPSA) is 41.6 Å². The van der Waals surface area contributed by atoms with Gasteiger partial charge in [-0.3, -0.25) is 9.69 Å². The zero-order valence-corrected chi connectivity index (χ0v) is 19.1. The largest absolute Gasteiger partial charge is 0.457 e. The monoisotopic (exact) mass is 438 g/mol. The molecule has 0 saturated carbocycles. The fraction of sp³-hybridized carbons (Fsp3) is 0.276. The third-order valence-corrected chi connectivity index (χ3v) is 6.86. The summed E-state index contributed by atoms with van der Waals surface area (Å²) in [4.78, 5) is 14.2. The number of carbonyl (C=O) groups is 1. The van der Waals surface area contributed by atoms with Crippen LogP contribution in [0.5, 0.6) is 11.5 Å². The summed E-state index contributed by atoms with van der Waals surface area (Å²) in [6, 6.07) is 22.9. The summed E-state index contributed by atoms with van der Waals surface area (Å²) in [7, 11) is 0. The van der Waals surface area contributed by atoms with Crippen LogP contribution in [-0.2, 0) is 4.79 Å². The van der Waals surface area contributed by atoms with Gasteiger partial charge in [-0.2, -0.15) is 0 Å². The Labute approximate surface area is 195 Å². The van der Waals surface area contributed by atoms with E-state index in [-0.39, 0.29) is 5.91 Å². The first kappa shape index (κ1) is 21.5. The van der Waals surface area contributed by atoms with E-state index in [1.165, 1.54) is 30.9 Å². The van der Waals surface area contributed by atoms with Crippen LogP contribution in [0.15, 0.2) is 79.4 Å². The highest BCUT2D eigenvalue weighted by molar-refractivity contribution is 5.94. The van der Waals surface area contributed by atoms with Gasteiger partial charge < -0.3 is 10.1 Å². The molecule has 3 aromatic carbocycles. The van der Waals surface area contributed by atoms with Gasteiger partial charge in [0.15, 0.2) is 0 Å². The number of likely N-dealkylation sites (tertiary alicyclic amines) is 1. The van der Waals surface area contributed by atoms with Crippen molar-refractivity contribution in [1.82, 2.24) is 4.90 Å². The lowest BCUT2D eigenvalue weighted by Crippen LogP contribution is -2.36. The van der Waals surface area contributed by atoms with Gasteiger partial charge in [0.05, 0.1) is 0 Å². The summed E-state index contributed by atoms with van der Waals surface area (Å²) in [5.41, 5.74) is 5.40. The first-order chi connectivity index (χ1) is 16.1. The Morgan fingerprint density at radius 2 is 1.76 bits per heavy atom. The molecule has 3 aromatic rings. The Morgan fingerprint density at radius 3 is 2.55 bits per heavy atom. The van der Waals surface area contributed by atoms with E-state index in [0.717, 1.165) is 47.9 Å². The number of rotatable bonds is 5. The lowest BCUT2D eigenvalue weighted by atomic mass is 9.74. The third-order valence-electron chi connectivity index (χ3n) is 6.86. The SMILES string of the molecule is C=CCN1CCC(C2c3ccccc3Oc3cc(-c4ccccc4NC(C)=O)ccc32)CC1. The fourth-order valence-electron chi connectivity index (χ4n) is 5.36. The zero-order valence-electron chi connectivity index (χ0n) is 19.1. The van der Waals surface area contributed by atoms with E-state index in [1.54, 1.807) is 0 Å². The number of fused-ring (bicyclic) bond motifs is 2. The molecule has 0 spiro atoms. The van der Waals surface area contributed by atoms with Crippen molar-refractivity contribution in [2.24, 2.45) is 5.92 Å².